The fourth-order valence-electron chi connectivity index (χ4n) is 7.72. The van der Waals surface area contributed by atoms with Crippen LogP contribution in [0.4, 0.5) is 9.59 Å². The predicted octanol–water partition coefficient (Wildman–Crippen LogP) is 10.2. The molecule has 30 heteroatoms. The number of azide groups is 2. The van der Waals surface area contributed by atoms with Gasteiger partial charge in [0.2, 0.25) is 5.88 Å². The third-order valence-electron chi connectivity index (χ3n) is 12.3. The van der Waals surface area contributed by atoms with Crippen molar-refractivity contribution in [2.75, 3.05) is 79.2 Å². The first-order valence-corrected chi connectivity index (χ1v) is 35.5. The van der Waals surface area contributed by atoms with E-state index in [0.29, 0.717) is 152 Å². The summed E-state index contributed by atoms with van der Waals surface area (Å²) in [4.78, 5) is 86.4. The molecule has 0 aliphatic rings. The molecular weight excluding hydrogens is 1420 g/mol. The Bertz CT molecular complexity index is 4040. The highest BCUT2D eigenvalue weighted by Gasteiger charge is 2.17. The molecule has 12 N–H and O–H groups in total. The molecule has 108 heavy (non-hydrogen) atoms. The summed E-state index contributed by atoms with van der Waals surface area (Å²) in [5, 5.41) is 34.9. The van der Waals surface area contributed by atoms with E-state index in [9.17, 15) is 28.8 Å². The number of unbranched alkanes of at least 4 members (excludes halogenated alkanes) is 1. The quantitative estimate of drug-likeness (QED) is 0.00775. The van der Waals surface area contributed by atoms with Gasteiger partial charge in [-0.3, -0.25) is 19.2 Å². The summed E-state index contributed by atoms with van der Waals surface area (Å²) < 4.78 is 18.2. The maximum atomic E-state index is 12.7. The lowest BCUT2D eigenvalue weighted by Crippen LogP contribution is -2.33. The molecule has 5 aromatic rings. The van der Waals surface area contributed by atoms with Crippen LogP contribution in [0.1, 0.15) is 163 Å². The molecule has 0 radical (unpaired) electrons. The number of hydrogen-bond donors (Lipinski definition) is 9. The molecule has 28 nitrogen and oxygen atoms in total. The summed E-state index contributed by atoms with van der Waals surface area (Å²) in [7, 11) is 1.57. The Morgan fingerprint density at radius 3 is 1.26 bits per heavy atom. The Morgan fingerprint density at radius 2 is 0.898 bits per heavy atom. The molecule has 580 valence electrons. The minimum absolute atomic E-state index is 0.0732. The normalized spacial score (nSPS) is 9.61. The van der Waals surface area contributed by atoms with Crippen LogP contribution < -0.4 is 54.3 Å². The second-order valence-corrected chi connectivity index (χ2v) is 24.7. The van der Waals surface area contributed by atoms with Crippen molar-refractivity contribution in [3.8, 4) is 76.9 Å². The minimum atomic E-state index is -0.536. The molecule has 0 saturated heterocycles. The van der Waals surface area contributed by atoms with Crippen molar-refractivity contribution >= 4 is 47.2 Å². The summed E-state index contributed by atoms with van der Waals surface area (Å²) in [6.45, 7) is 16.0. The minimum Gasteiger partial charge on any atom is -0.481 e. The lowest BCUT2D eigenvalue weighted by Gasteiger charge is -2.19. The van der Waals surface area contributed by atoms with E-state index >= 15 is 0 Å². The van der Waals surface area contributed by atoms with Crippen molar-refractivity contribution in [3.63, 3.8) is 0 Å². The molecule has 0 atom stereocenters. The maximum Gasteiger partial charge on any atom is 0.407 e. The van der Waals surface area contributed by atoms with Gasteiger partial charge < -0.3 is 72.0 Å². The van der Waals surface area contributed by atoms with Gasteiger partial charge in [-0.15, -0.1) is 71.0 Å². The Balaban J connectivity index is 0.00000140. The second-order valence-electron chi connectivity index (χ2n) is 23.8. The van der Waals surface area contributed by atoms with E-state index in [4.69, 9.17) is 75.9 Å². The average Bonchev–Trinajstić information content (AvgIpc) is 0.837. The number of methoxy groups -OCH3 is 1. The van der Waals surface area contributed by atoms with Crippen LogP contribution >= 0.6 is 23.2 Å². The highest BCUT2D eigenvalue weighted by molar-refractivity contribution is 6.30. The monoisotopic (exact) mass is 1520 g/mol. The number of nitrogens with one attached hydrogen (secondary N) is 4. The van der Waals surface area contributed by atoms with Gasteiger partial charge in [-0.1, -0.05) is 57.7 Å². The van der Waals surface area contributed by atoms with Gasteiger partial charge >= 0.3 is 12.2 Å². The number of carbonyl (C=O) groups is 4. The van der Waals surface area contributed by atoms with Crippen LogP contribution in [0, 0.1) is 71.0 Å². The zero-order valence-corrected chi connectivity index (χ0v) is 64.4. The van der Waals surface area contributed by atoms with E-state index < -0.39 is 35.2 Å². The van der Waals surface area contributed by atoms with Gasteiger partial charge in [0.25, 0.3) is 22.9 Å². The highest BCUT2D eigenvalue weighted by Crippen LogP contribution is 2.14. The van der Waals surface area contributed by atoms with Crippen molar-refractivity contribution in [3.05, 3.63) is 177 Å². The Hall–Kier alpha value is -10.9. The number of aliphatic hydroxyl groups excluding tert-OH is 2. The van der Waals surface area contributed by atoms with Gasteiger partial charge in [0, 0.05) is 187 Å². The number of nitrogens with zero attached hydrogens (tertiary/aromatic N) is 10. The first kappa shape index (κ1) is 97.1. The number of nitrogens with two attached hydrogens (primary N) is 3. The van der Waals surface area contributed by atoms with Gasteiger partial charge in [0.15, 0.2) is 0 Å². The number of ether oxygens (including phenoxy) is 3. The molecule has 2 aromatic carbocycles. The van der Waals surface area contributed by atoms with Crippen LogP contribution in [0.3, 0.4) is 0 Å². The van der Waals surface area contributed by atoms with E-state index in [1.165, 1.54) is 21.3 Å². The Labute approximate surface area is 644 Å². The van der Waals surface area contributed by atoms with E-state index in [0.717, 1.165) is 42.6 Å². The molecule has 4 amide bonds. The molecule has 5 rings (SSSR count). The van der Waals surface area contributed by atoms with E-state index in [2.05, 4.69) is 122 Å². The van der Waals surface area contributed by atoms with Crippen molar-refractivity contribution in [1.82, 2.24) is 40.4 Å². The van der Waals surface area contributed by atoms with Crippen LogP contribution in [-0.4, -0.2) is 144 Å². The molecule has 0 spiro atoms. The number of aromatic nitrogens is 4. The van der Waals surface area contributed by atoms with E-state index in [1.54, 1.807) is 88.9 Å². The predicted molar refractivity (Wildman–Crippen MR) is 424 cm³/mol. The molecule has 3 aromatic heterocycles. The maximum absolute atomic E-state index is 12.7. The van der Waals surface area contributed by atoms with Crippen LogP contribution in [-0.2, 0) is 29.0 Å². The van der Waals surface area contributed by atoms with Gasteiger partial charge in [-0.2, -0.15) is 4.98 Å². The third kappa shape index (κ3) is 54.6. The van der Waals surface area contributed by atoms with Gasteiger partial charge in [0.1, 0.15) is 28.2 Å². The van der Waals surface area contributed by atoms with Crippen molar-refractivity contribution in [2.45, 2.75) is 156 Å². The number of aryl methyl sites for hydroxylation is 1. The summed E-state index contributed by atoms with van der Waals surface area (Å²) in [5.74, 6) is 34.9. The highest BCUT2D eigenvalue weighted by atomic mass is 35.5. The zero-order chi connectivity index (χ0) is 80.3. The van der Waals surface area contributed by atoms with Crippen LogP contribution in [0.15, 0.2) is 117 Å². The largest absolute Gasteiger partial charge is 0.481 e. The van der Waals surface area contributed by atoms with Crippen molar-refractivity contribution < 1.29 is 43.6 Å². The lowest BCUT2D eigenvalue weighted by molar-refractivity contribution is 0.0517. The van der Waals surface area contributed by atoms with Gasteiger partial charge in [-0.25, -0.2) is 14.6 Å². The molecule has 0 aliphatic carbocycles. The number of rotatable bonds is 27. The average molecular weight is 1530 g/mol. The Morgan fingerprint density at radius 1 is 0.528 bits per heavy atom. The van der Waals surface area contributed by atoms with Crippen molar-refractivity contribution in [2.24, 2.45) is 27.4 Å². The fraction of sp³-hybridized carbons (Fsp3) is 0.462. The summed E-state index contributed by atoms with van der Waals surface area (Å²) in [6, 6.07) is 22.6. The van der Waals surface area contributed by atoms with E-state index in [-0.39, 0.29) is 35.5 Å². The molecule has 0 fully saturated rings. The number of hydrogen-bond acceptors (Lipinski definition) is 18. The van der Waals surface area contributed by atoms with Crippen LogP contribution in [0.5, 0.6) is 5.88 Å². The number of alkyl carbamates (subject to hydrolysis) is 2. The first-order chi connectivity index (χ1) is 51.9. The van der Waals surface area contributed by atoms with Crippen molar-refractivity contribution in [1.29, 1.82) is 0 Å². The van der Waals surface area contributed by atoms with Gasteiger partial charge in [0.05, 0.1) is 33.4 Å². The number of carbonyl (C=O) groups excluding carboxylic acids is 4. The number of amides is 4. The lowest BCUT2D eigenvalue weighted by atomic mass is 10.2. The molecule has 0 aliphatic heterocycles. The molecule has 0 saturated carbocycles. The molecule has 3 heterocycles. The summed E-state index contributed by atoms with van der Waals surface area (Å²) in [5.41, 5.74) is 31.6. The topological polar surface area (TPSA) is 430 Å². The summed E-state index contributed by atoms with van der Waals surface area (Å²) >= 11 is 12.0. The van der Waals surface area contributed by atoms with E-state index in [1.807, 2.05) is 45.0 Å². The number of aliphatic hydroxyl groups is 2. The number of halogens is 2. The number of benzene rings is 2. The smallest absolute Gasteiger partial charge is 0.407 e. The fourth-order valence-corrected chi connectivity index (χ4v) is 8.15. The van der Waals surface area contributed by atoms with Gasteiger partial charge in [-0.05, 0) is 119 Å². The van der Waals surface area contributed by atoms with Crippen LogP contribution in [0.2, 0.25) is 10.0 Å². The molecular formula is C78H103Cl2N17O11. The summed E-state index contributed by atoms with van der Waals surface area (Å²) in [6.07, 6.45) is 12.8. The first-order valence-electron chi connectivity index (χ1n) is 34.7. The molecule has 0 bridgehead atoms. The zero-order valence-electron chi connectivity index (χ0n) is 62.9. The standard InChI is InChI=1S/C25H25ClN4O3.C24H28ClN3O4.C11H20N2O2.C6H8N6.C6H12N2.C6H10O2/c1-33-23-13-15-27-22(29-23)12-5-3-2-4-6-14-28-24(31)21-11-8-16-30(25(21)32)18-19-9-7-10-20(26)17-19;1-24(2,3)32-23(31)27-14-7-5-4-6-13-26-21(29)20-12-9-15-28(22(20)30)17-18-10-8-11-19(25)16-18;1-11(2,3)15-10(14)13-9-7-5-4-6-8-12;7-11-9-5-3-1-2-4-6-10-12-8;2*7-5-3-1-2-4-6-8/h7-11,13,15-17H,3,5-6,12,14,18H2,1H3,(H,28,31);8-12,15-16H,6-7,13-14,17H2,1-3H3,(H,26,29)(H,27,31);6-9,12H2,1-3H3,(H,13,14);3-6H2;3-8H2;7-8H,3-6H2. The Kier molecular flexibility index (Phi) is 56.9. The number of pyridine rings is 2. The second kappa shape index (κ2) is 63.3. The van der Waals surface area contributed by atoms with Crippen LogP contribution in [0.25, 0.3) is 20.9 Å². The SMILES string of the molecule is CC(C)(C)OC(=O)NCCC#CCCN.CC(C)(C)OC(=O)NCCC#CCCNC(=O)c1cccn(Cc2cccc(Cl)c2)c1=O.COc1ccnc(CCCC#CCCNC(=O)c2cccn(Cc3cccc(Cl)c3)c2=O)n1.NCCC#CCCN.OCCC#CCCO.[N-]=[N+]=NCCC#CCCN=[N+]=[N-]. The third-order valence-corrected chi connectivity index (χ3v) is 12.8. The molecule has 0 unspecified atom stereocenters.